The Labute approximate surface area is 304 Å². The molecule has 0 aromatic carbocycles. The summed E-state index contributed by atoms with van der Waals surface area (Å²) < 4.78 is 22.9. The summed E-state index contributed by atoms with van der Waals surface area (Å²) in [6.45, 7) is 4.15. The molecule has 2 N–H and O–H groups in total. The van der Waals surface area contributed by atoms with Crippen molar-refractivity contribution in [2.75, 3.05) is 40.9 Å². The first kappa shape index (κ1) is 47.2. The fourth-order valence-electron chi connectivity index (χ4n) is 4.15. The first-order chi connectivity index (χ1) is 24.0. The molecule has 3 unspecified atom stereocenters. The molecule has 0 aromatic heterocycles. The molecule has 9 heteroatoms. The molecule has 0 aliphatic rings. The number of rotatable bonds is 30. The molecule has 0 aliphatic heterocycles. The van der Waals surface area contributed by atoms with Gasteiger partial charge in [-0.2, -0.15) is 0 Å². The first-order valence-electron chi connectivity index (χ1n) is 18.2. The van der Waals surface area contributed by atoms with Gasteiger partial charge >= 0.3 is 0 Å². The highest BCUT2D eigenvalue weighted by Crippen LogP contribution is 2.38. The molecule has 8 nitrogen and oxygen atoms in total. The monoisotopic (exact) mass is 714 g/mol. The summed E-state index contributed by atoms with van der Waals surface area (Å²) in [6.07, 6.45) is 46.1. The van der Waals surface area contributed by atoms with Crippen LogP contribution in [-0.2, 0) is 18.4 Å². The van der Waals surface area contributed by atoms with Gasteiger partial charge in [-0.25, -0.2) is 0 Å². The van der Waals surface area contributed by atoms with E-state index >= 15 is 0 Å². The van der Waals surface area contributed by atoms with Gasteiger partial charge in [-0.15, -0.1) is 0 Å². The van der Waals surface area contributed by atoms with Crippen molar-refractivity contribution in [1.29, 1.82) is 0 Å². The maximum atomic E-state index is 12.7. The average molecular weight is 715 g/mol. The van der Waals surface area contributed by atoms with Crippen molar-refractivity contribution in [2.45, 2.75) is 103 Å². The van der Waals surface area contributed by atoms with E-state index in [1.54, 1.807) is 6.08 Å². The Morgan fingerprint density at radius 1 is 0.720 bits per heavy atom. The van der Waals surface area contributed by atoms with Gasteiger partial charge in [0, 0.05) is 6.42 Å². The van der Waals surface area contributed by atoms with E-state index < -0.39 is 26.6 Å². The molecule has 0 fully saturated rings. The zero-order valence-corrected chi connectivity index (χ0v) is 32.4. The molecule has 0 aliphatic carbocycles. The lowest BCUT2D eigenvalue weighted by Crippen LogP contribution is -2.45. The number of carbonyl (C=O) groups is 1. The minimum absolute atomic E-state index is 0.0298. The number of nitrogens with zero attached hydrogens (tertiary/aromatic N) is 1. The van der Waals surface area contributed by atoms with Gasteiger partial charge in [0.1, 0.15) is 13.2 Å². The second-order valence-corrected chi connectivity index (χ2v) is 14.2. The normalized spacial score (nSPS) is 15.9. The maximum Gasteiger partial charge on any atom is 0.268 e. The van der Waals surface area contributed by atoms with Crippen LogP contribution in [0.3, 0.4) is 0 Å². The van der Waals surface area contributed by atoms with Crippen LogP contribution in [0, 0.1) is 0 Å². The van der Waals surface area contributed by atoms with Crippen LogP contribution in [0.1, 0.15) is 90.9 Å². The maximum absolute atomic E-state index is 12.7. The molecule has 0 rings (SSSR count). The van der Waals surface area contributed by atoms with Gasteiger partial charge in [0.05, 0.1) is 39.9 Å². The number of quaternary nitrogens is 1. The molecule has 0 saturated heterocycles. The number of likely N-dealkylation sites (N-methyl/N-ethyl adjacent to an activating group) is 1. The van der Waals surface area contributed by atoms with Gasteiger partial charge in [-0.1, -0.05) is 116 Å². The highest BCUT2D eigenvalue weighted by molar-refractivity contribution is 7.45. The lowest BCUT2D eigenvalue weighted by Gasteiger charge is -2.29. The summed E-state index contributed by atoms with van der Waals surface area (Å²) in [7, 11) is 1.16. The minimum Gasteiger partial charge on any atom is -0.756 e. The van der Waals surface area contributed by atoms with E-state index in [1.165, 1.54) is 0 Å². The Morgan fingerprint density at radius 3 is 1.68 bits per heavy atom. The van der Waals surface area contributed by atoms with Crippen LogP contribution in [0.4, 0.5) is 0 Å². The fourth-order valence-corrected chi connectivity index (χ4v) is 4.87. The standard InChI is InChI=1S/C41H67N2O6P/c1-6-8-10-12-14-16-17-18-19-20-21-22-23-24-25-27-29-31-33-35-41(45)42-39(38-49-50(46,47)48-37-36-43(3,4)5)40(44)34-32-30-28-26-15-13-11-9-7-2/h7-10,14-16,18-19,21-22,24-26,29,31-32,34,39-40,44H,6,11-13,17,20,23,27-28,30,33,35-38H2,1-5H3,(H-,42,45,46,47)/b9-7+,10-8-,16-14-,19-18-,22-21-,25-24-,26-15+,31-29-,34-32+. The number of allylic oxidation sites excluding steroid dienone is 17. The predicted molar refractivity (Wildman–Crippen MR) is 209 cm³/mol. The van der Waals surface area contributed by atoms with E-state index in [-0.39, 0.29) is 18.9 Å². The van der Waals surface area contributed by atoms with Crippen LogP contribution in [0.5, 0.6) is 0 Å². The van der Waals surface area contributed by atoms with Crippen molar-refractivity contribution in [3.63, 3.8) is 0 Å². The number of phosphoric ester groups is 1. The van der Waals surface area contributed by atoms with Gasteiger partial charge in [0.25, 0.3) is 7.82 Å². The average Bonchev–Trinajstić information content (AvgIpc) is 3.06. The predicted octanol–water partition coefficient (Wildman–Crippen LogP) is 8.77. The summed E-state index contributed by atoms with van der Waals surface area (Å²) in [5.74, 6) is -0.304. The Kier molecular flexibility index (Phi) is 30.3. The van der Waals surface area contributed by atoms with E-state index in [0.29, 0.717) is 23.9 Å². The third kappa shape index (κ3) is 33.6. The molecule has 0 aromatic rings. The van der Waals surface area contributed by atoms with Crippen molar-refractivity contribution >= 4 is 13.7 Å². The Bertz CT molecular complexity index is 1170. The second-order valence-electron chi connectivity index (χ2n) is 12.8. The summed E-state index contributed by atoms with van der Waals surface area (Å²) in [5, 5.41) is 13.5. The van der Waals surface area contributed by atoms with Gasteiger partial charge in [-0.05, 0) is 77.6 Å². The third-order valence-corrected chi connectivity index (χ3v) is 8.02. The Balaban J connectivity index is 4.68. The van der Waals surface area contributed by atoms with Gasteiger partial charge in [0.2, 0.25) is 5.91 Å². The number of hydrogen-bond donors (Lipinski definition) is 2. The van der Waals surface area contributed by atoms with Crippen LogP contribution in [0.2, 0.25) is 0 Å². The van der Waals surface area contributed by atoms with Crippen LogP contribution in [-0.4, -0.2) is 68.5 Å². The Hall–Kier alpha value is -2.84. The number of phosphoric acid groups is 1. The summed E-state index contributed by atoms with van der Waals surface area (Å²) >= 11 is 0. The number of amides is 1. The quantitative estimate of drug-likeness (QED) is 0.0334. The highest BCUT2D eigenvalue weighted by Gasteiger charge is 2.23. The van der Waals surface area contributed by atoms with E-state index in [9.17, 15) is 19.4 Å². The molecule has 282 valence electrons. The van der Waals surface area contributed by atoms with Gasteiger partial charge in [-0.3, -0.25) is 9.36 Å². The summed E-state index contributed by atoms with van der Waals surface area (Å²) in [4.78, 5) is 25.1. The second kappa shape index (κ2) is 32.1. The topological polar surface area (TPSA) is 108 Å². The number of aliphatic hydroxyl groups is 1. The SMILES string of the molecule is C/C=C/CC/C=C/CC/C=C/C(O)C(COP(=O)([O-])OCC[N+](C)(C)C)NC(=O)CC/C=C\C/C=C\C/C=C\C/C=C\C/C=C\C/C=C\CC. The molecular formula is C41H67N2O6P. The van der Waals surface area contributed by atoms with Crippen molar-refractivity contribution in [3.8, 4) is 0 Å². The molecule has 3 atom stereocenters. The molecule has 0 radical (unpaired) electrons. The van der Waals surface area contributed by atoms with Crippen LogP contribution in [0.25, 0.3) is 0 Å². The van der Waals surface area contributed by atoms with Crippen molar-refractivity contribution < 1.29 is 32.9 Å². The van der Waals surface area contributed by atoms with Gasteiger partial charge < -0.3 is 28.8 Å². The van der Waals surface area contributed by atoms with Crippen LogP contribution >= 0.6 is 7.82 Å². The number of nitrogens with one attached hydrogen (secondary N) is 1. The molecule has 50 heavy (non-hydrogen) atoms. The minimum atomic E-state index is -4.61. The van der Waals surface area contributed by atoms with Crippen molar-refractivity contribution in [3.05, 3.63) is 109 Å². The van der Waals surface area contributed by atoms with Crippen molar-refractivity contribution in [2.24, 2.45) is 0 Å². The third-order valence-electron chi connectivity index (χ3n) is 7.05. The van der Waals surface area contributed by atoms with E-state index in [0.717, 1.165) is 57.8 Å². The first-order valence-corrected chi connectivity index (χ1v) is 19.7. The van der Waals surface area contributed by atoms with E-state index in [4.69, 9.17) is 9.05 Å². The number of unbranched alkanes of at least 4 members (excludes halogenated alkanes) is 2. The fraction of sp³-hybridized carbons (Fsp3) is 0.537. The van der Waals surface area contributed by atoms with E-state index in [2.05, 4.69) is 91.2 Å². The lowest BCUT2D eigenvalue weighted by molar-refractivity contribution is -0.870. The van der Waals surface area contributed by atoms with Gasteiger partial charge in [0.15, 0.2) is 0 Å². The molecular weight excluding hydrogens is 647 g/mol. The van der Waals surface area contributed by atoms with Crippen LogP contribution < -0.4 is 10.2 Å². The molecule has 0 saturated carbocycles. The van der Waals surface area contributed by atoms with Crippen LogP contribution in [0.15, 0.2) is 109 Å². The van der Waals surface area contributed by atoms with Crippen molar-refractivity contribution in [1.82, 2.24) is 5.32 Å². The molecule has 0 spiro atoms. The molecule has 0 bridgehead atoms. The summed E-state index contributed by atoms with van der Waals surface area (Å²) in [6, 6.07) is -0.954. The molecule has 1 amide bonds. The number of aliphatic hydroxyl groups excluding tert-OH is 1. The number of carbonyl (C=O) groups excluding carboxylic acids is 1. The summed E-state index contributed by atoms with van der Waals surface area (Å²) in [5.41, 5.74) is 0. The largest absolute Gasteiger partial charge is 0.756 e. The highest BCUT2D eigenvalue weighted by atomic mass is 31.2. The number of hydrogen-bond acceptors (Lipinski definition) is 6. The lowest BCUT2D eigenvalue weighted by atomic mass is 10.1. The Morgan fingerprint density at radius 2 is 1.18 bits per heavy atom. The zero-order valence-electron chi connectivity index (χ0n) is 31.5. The van der Waals surface area contributed by atoms with E-state index in [1.807, 2.05) is 52.4 Å². The smallest absolute Gasteiger partial charge is 0.268 e. The zero-order chi connectivity index (χ0) is 37.2. The molecule has 0 heterocycles.